The summed E-state index contributed by atoms with van der Waals surface area (Å²) in [5, 5.41) is 1.57. The molecule has 0 aromatic carbocycles. The number of rotatable bonds is 3. The molecule has 1 saturated heterocycles. The molecule has 0 radical (unpaired) electrons. The predicted molar refractivity (Wildman–Crippen MR) is 97.9 cm³/mol. The summed E-state index contributed by atoms with van der Waals surface area (Å²) < 4.78 is 0. The molecule has 1 aliphatic heterocycles. The van der Waals surface area contributed by atoms with Crippen molar-refractivity contribution >= 4 is 50.9 Å². The molecule has 0 saturated carbocycles. The summed E-state index contributed by atoms with van der Waals surface area (Å²) >= 11 is 15.2. The highest BCUT2D eigenvalue weighted by Gasteiger charge is 2.16. The highest BCUT2D eigenvalue weighted by atomic mass is 35.5. The molecule has 4 heterocycles. The first-order valence-corrected chi connectivity index (χ1v) is 9.60. The number of thiophene rings is 2. The van der Waals surface area contributed by atoms with Gasteiger partial charge >= 0.3 is 0 Å². The van der Waals surface area contributed by atoms with Crippen molar-refractivity contribution < 1.29 is 0 Å². The summed E-state index contributed by atoms with van der Waals surface area (Å²) in [5.41, 5.74) is 0. The standard InChI is InChI=1S/C15H12Cl2N4S2/c16-14-18-13(19-15(17)20-14)11-4-3-9(22-11)10-5-6-12(23-10)21-7-1-2-8-21/h3-6H,1-2,7-8H2. The first-order valence-electron chi connectivity index (χ1n) is 7.21. The van der Waals surface area contributed by atoms with Gasteiger partial charge in [0.1, 0.15) is 0 Å². The van der Waals surface area contributed by atoms with Crippen LogP contribution in [0.25, 0.3) is 20.5 Å². The molecule has 3 aromatic heterocycles. The largest absolute Gasteiger partial charge is 0.363 e. The van der Waals surface area contributed by atoms with Crippen molar-refractivity contribution in [2.24, 2.45) is 0 Å². The van der Waals surface area contributed by atoms with Crippen LogP contribution in [-0.2, 0) is 0 Å². The Morgan fingerprint density at radius 2 is 1.39 bits per heavy atom. The molecule has 1 fully saturated rings. The van der Waals surface area contributed by atoms with Gasteiger partial charge in [-0.05, 0) is 60.3 Å². The second-order valence-electron chi connectivity index (χ2n) is 5.19. The molecule has 4 nitrogen and oxygen atoms in total. The maximum atomic E-state index is 5.85. The Bertz CT molecular complexity index is 819. The molecule has 0 spiro atoms. The average Bonchev–Trinajstić information content (AvgIpc) is 3.26. The molecule has 4 rings (SSSR count). The van der Waals surface area contributed by atoms with E-state index in [0.29, 0.717) is 5.82 Å². The Balaban J connectivity index is 1.62. The zero-order chi connectivity index (χ0) is 15.8. The van der Waals surface area contributed by atoms with Crippen molar-refractivity contribution in [3.05, 3.63) is 34.8 Å². The fourth-order valence-electron chi connectivity index (χ4n) is 2.59. The van der Waals surface area contributed by atoms with Gasteiger partial charge in [0.25, 0.3) is 0 Å². The maximum Gasteiger partial charge on any atom is 0.227 e. The third kappa shape index (κ3) is 3.21. The van der Waals surface area contributed by atoms with Crippen LogP contribution < -0.4 is 4.90 Å². The van der Waals surface area contributed by atoms with Crippen molar-refractivity contribution in [1.82, 2.24) is 15.0 Å². The van der Waals surface area contributed by atoms with Gasteiger partial charge in [-0.2, -0.15) is 15.0 Å². The Morgan fingerprint density at radius 1 is 0.783 bits per heavy atom. The average molecular weight is 383 g/mol. The molecule has 0 bridgehead atoms. The molecule has 0 aliphatic carbocycles. The molecule has 8 heteroatoms. The van der Waals surface area contributed by atoms with Crippen molar-refractivity contribution in [3.8, 4) is 20.5 Å². The van der Waals surface area contributed by atoms with Gasteiger partial charge in [0.2, 0.25) is 10.6 Å². The lowest BCUT2D eigenvalue weighted by Crippen LogP contribution is -2.15. The van der Waals surface area contributed by atoms with Crippen LogP contribution in [0.3, 0.4) is 0 Å². The van der Waals surface area contributed by atoms with Crippen LogP contribution >= 0.6 is 45.9 Å². The molecule has 118 valence electrons. The van der Waals surface area contributed by atoms with Gasteiger partial charge in [-0.1, -0.05) is 0 Å². The van der Waals surface area contributed by atoms with E-state index in [0.717, 1.165) is 18.0 Å². The van der Waals surface area contributed by atoms with Crippen LogP contribution in [0.15, 0.2) is 24.3 Å². The van der Waals surface area contributed by atoms with E-state index in [1.807, 2.05) is 17.4 Å². The Morgan fingerprint density at radius 3 is 2.13 bits per heavy atom. The zero-order valence-electron chi connectivity index (χ0n) is 12.0. The van der Waals surface area contributed by atoms with E-state index in [2.05, 4.69) is 38.1 Å². The molecular formula is C15H12Cl2N4S2. The van der Waals surface area contributed by atoms with Crippen LogP contribution in [-0.4, -0.2) is 28.0 Å². The summed E-state index contributed by atoms with van der Waals surface area (Å²) in [6.07, 6.45) is 2.58. The fourth-order valence-corrected chi connectivity index (χ4v) is 5.05. The van der Waals surface area contributed by atoms with Gasteiger partial charge in [-0.3, -0.25) is 0 Å². The lowest BCUT2D eigenvalue weighted by Gasteiger charge is -2.13. The highest BCUT2D eigenvalue weighted by Crippen LogP contribution is 2.40. The van der Waals surface area contributed by atoms with Crippen molar-refractivity contribution in [1.29, 1.82) is 0 Å². The van der Waals surface area contributed by atoms with Gasteiger partial charge in [-0.15, -0.1) is 22.7 Å². The Labute approximate surface area is 151 Å². The molecular weight excluding hydrogens is 371 g/mol. The SMILES string of the molecule is Clc1nc(Cl)nc(-c2ccc(-c3ccc(N4CCCC4)s3)s2)n1. The number of anilines is 1. The quantitative estimate of drug-likeness (QED) is 0.621. The van der Waals surface area contributed by atoms with E-state index >= 15 is 0 Å². The molecule has 0 amide bonds. The van der Waals surface area contributed by atoms with Crippen molar-refractivity contribution in [3.63, 3.8) is 0 Å². The topological polar surface area (TPSA) is 41.9 Å². The van der Waals surface area contributed by atoms with Gasteiger partial charge < -0.3 is 4.90 Å². The fraction of sp³-hybridized carbons (Fsp3) is 0.267. The monoisotopic (exact) mass is 382 g/mol. The van der Waals surface area contributed by atoms with E-state index in [9.17, 15) is 0 Å². The minimum atomic E-state index is 0.113. The molecule has 0 N–H and O–H groups in total. The Kier molecular flexibility index (Phi) is 4.24. The number of nitrogens with zero attached hydrogens (tertiary/aromatic N) is 4. The van der Waals surface area contributed by atoms with E-state index < -0.39 is 0 Å². The summed E-state index contributed by atoms with van der Waals surface area (Å²) in [6.45, 7) is 2.33. The van der Waals surface area contributed by atoms with E-state index in [1.165, 1.54) is 27.6 Å². The van der Waals surface area contributed by atoms with Crippen LogP contribution in [0, 0.1) is 0 Å². The second-order valence-corrected chi connectivity index (χ2v) is 8.02. The van der Waals surface area contributed by atoms with E-state index in [4.69, 9.17) is 23.2 Å². The number of hydrogen-bond acceptors (Lipinski definition) is 6. The predicted octanol–water partition coefficient (Wildman–Crippen LogP) is 5.24. The van der Waals surface area contributed by atoms with Crippen molar-refractivity contribution in [2.45, 2.75) is 12.8 Å². The molecule has 23 heavy (non-hydrogen) atoms. The van der Waals surface area contributed by atoms with Gasteiger partial charge in [-0.25, -0.2) is 0 Å². The number of hydrogen-bond donors (Lipinski definition) is 0. The van der Waals surface area contributed by atoms with E-state index in [1.54, 1.807) is 11.3 Å². The highest BCUT2D eigenvalue weighted by molar-refractivity contribution is 7.25. The molecule has 3 aromatic rings. The molecule has 0 atom stereocenters. The maximum absolute atomic E-state index is 5.85. The first kappa shape index (κ1) is 15.3. The third-order valence-corrected chi connectivity index (χ3v) is 6.42. The van der Waals surface area contributed by atoms with Gasteiger partial charge in [0.15, 0.2) is 5.82 Å². The molecule has 0 unspecified atom stereocenters. The lowest BCUT2D eigenvalue weighted by molar-refractivity contribution is 0.949. The minimum Gasteiger partial charge on any atom is -0.363 e. The summed E-state index contributed by atoms with van der Waals surface area (Å²) in [4.78, 5) is 17.9. The summed E-state index contributed by atoms with van der Waals surface area (Å²) in [7, 11) is 0. The van der Waals surface area contributed by atoms with Gasteiger partial charge in [0.05, 0.1) is 9.88 Å². The second kappa shape index (κ2) is 6.36. The number of aromatic nitrogens is 3. The van der Waals surface area contributed by atoms with Crippen LogP contribution in [0.5, 0.6) is 0 Å². The Hall–Kier alpha value is -1.21. The smallest absolute Gasteiger partial charge is 0.227 e. The van der Waals surface area contributed by atoms with Crippen LogP contribution in [0.1, 0.15) is 12.8 Å². The third-order valence-electron chi connectivity index (χ3n) is 3.66. The van der Waals surface area contributed by atoms with Crippen LogP contribution in [0.2, 0.25) is 10.6 Å². The zero-order valence-corrected chi connectivity index (χ0v) is 15.1. The summed E-state index contributed by atoms with van der Waals surface area (Å²) in [5.74, 6) is 0.516. The van der Waals surface area contributed by atoms with Gasteiger partial charge in [0, 0.05) is 22.8 Å². The number of halogens is 2. The normalized spacial score (nSPS) is 14.6. The first-order chi connectivity index (χ1) is 11.2. The van der Waals surface area contributed by atoms with E-state index in [-0.39, 0.29) is 10.6 Å². The van der Waals surface area contributed by atoms with Crippen molar-refractivity contribution in [2.75, 3.05) is 18.0 Å². The summed E-state index contributed by atoms with van der Waals surface area (Å²) in [6, 6.07) is 8.48. The minimum absolute atomic E-state index is 0.113. The molecule has 1 aliphatic rings. The van der Waals surface area contributed by atoms with Crippen LogP contribution in [0.4, 0.5) is 5.00 Å². The lowest BCUT2D eigenvalue weighted by atomic mass is 10.3.